The number of ether oxygens (including phenoxy) is 1. The van der Waals surface area contributed by atoms with Crippen LogP contribution in [0.5, 0.6) is 5.75 Å². The average molecular weight is 473 g/mol. The van der Waals surface area contributed by atoms with Crippen molar-refractivity contribution in [2.24, 2.45) is 0 Å². The van der Waals surface area contributed by atoms with Crippen LogP contribution in [0.4, 0.5) is 5.69 Å². The lowest BCUT2D eigenvalue weighted by atomic mass is 10.1. The Morgan fingerprint density at radius 2 is 1.90 bits per heavy atom. The lowest BCUT2D eigenvalue weighted by molar-refractivity contribution is -0.386. The molecule has 0 saturated carbocycles. The summed E-state index contributed by atoms with van der Waals surface area (Å²) in [7, 11) is 0. The summed E-state index contributed by atoms with van der Waals surface area (Å²) in [5, 5.41) is 18.0. The third kappa shape index (κ3) is 5.04. The number of aryl methyl sites for hydroxylation is 1. The van der Waals surface area contributed by atoms with Crippen molar-refractivity contribution in [3.05, 3.63) is 85.6 Å². The second-order valence-electron chi connectivity index (χ2n) is 6.67. The molecule has 156 valence electrons. The Labute approximate surface area is 182 Å². The molecule has 0 radical (unpaired) electrons. The van der Waals surface area contributed by atoms with Gasteiger partial charge in [0.1, 0.15) is 23.7 Å². The van der Waals surface area contributed by atoms with Gasteiger partial charge in [0, 0.05) is 12.1 Å². The van der Waals surface area contributed by atoms with E-state index >= 15 is 0 Å². The van der Waals surface area contributed by atoms with Crippen LogP contribution in [0.3, 0.4) is 0 Å². The summed E-state index contributed by atoms with van der Waals surface area (Å²) in [6.45, 7) is 4.30. The van der Waals surface area contributed by atoms with E-state index in [0.717, 1.165) is 15.8 Å². The minimum atomic E-state index is -0.436. The standard InChI is InChI=1S/C21H21BrN4O4/c1-14-20(26(28)29)15(2)25(24-14)12-11-23-21(27)17-9-7-16(8-10-17)13-30-19-6-4-3-5-18(19)22/h3-10H,11-13H2,1-2H3,(H,23,27). The number of nitrogens with one attached hydrogen (secondary N) is 1. The van der Waals surface area contributed by atoms with Crippen LogP contribution < -0.4 is 10.1 Å². The minimum Gasteiger partial charge on any atom is -0.488 e. The number of halogens is 1. The van der Waals surface area contributed by atoms with Gasteiger partial charge in [-0.15, -0.1) is 0 Å². The van der Waals surface area contributed by atoms with Gasteiger partial charge in [0.15, 0.2) is 0 Å². The average Bonchev–Trinajstić information content (AvgIpc) is 3.01. The van der Waals surface area contributed by atoms with Gasteiger partial charge < -0.3 is 10.1 Å². The highest BCUT2D eigenvalue weighted by Crippen LogP contribution is 2.25. The lowest BCUT2D eigenvalue weighted by Gasteiger charge is -2.09. The van der Waals surface area contributed by atoms with E-state index in [-0.39, 0.29) is 11.6 Å². The molecule has 30 heavy (non-hydrogen) atoms. The summed E-state index contributed by atoms with van der Waals surface area (Å²) >= 11 is 3.44. The first kappa shape index (κ1) is 21.5. The molecule has 0 atom stereocenters. The van der Waals surface area contributed by atoms with Crippen molar-refractivity contribution in [2.45, 2.75) is 27.0 Å². The van der Waals surface area contributed by atoms with Gasteiger partial charge in [-0.25, -0.2) is 0 Å². The maximum absolute atomic E-state index is 12.3. The maximum Gasteiger partial charge on any atom is 0.312 e. The highest BCUT2D eigenvalue weighted by Gasteiger charge is 2.21. The first-order valence-electron chi connectivity index (χ1n) is 9.29. The molecule has 1 aromatic heterocycles. The third-order valence-electron chi connectivity index (χ3n) is 4.58. The van der Waals surface area contributed by atoms with Crippen LogP contribution in [0.15, 0.2) is 53.0 Å². The van der Waals surface area contributed by atoms with Gasteiger partial charge >= 0.3 is 5.69 Å². The fourth-order valence-corrected chi connectivity index (χ4v) is 3.42. The van der Waals surface area contributed by atoms with E-state index in [9.17, 15) is 14.9 Å². The summed E-state index contributed by atoms with van der Waals surface area (Å²) in [5.74, 6) is 0.535. The monoisotopic (exact) mass is 472 g/mol. The van der Waals surface area contributed by atoms with Gasteiger partial charge in [-0.2, -0.15) is 5.10 Å². The summed E-state index contributed by atoms with van der Waals surface area (Å²) in [4.78, 5) is 23.0. The Kier molecular flexibility index (Phi) is 6.83. The molecule has 8 nitrogen and oxygen atoms in total. The van der Waals surface area contributed by atoms with Crippen molar-refractivity contribution in [3.8, 4) is 5.75 Å². The largest absolute Gasteiger partial charge is 0.488 e. The normalized spacial score (nSPS) is 10.6. The van der Waals surface area contributed by atoms with Crippen molar-refractivity contribution in [3.63, 3.8) is 0 Å². The molecule has 0 spiro atoms. The number of hydrogen-bond acceptors (Lipinski definition) is 5. The Morgan fingerprint density at radius 1 is 1.20 bits per heavy atom. The first-order chi connectivity index (χ1) is 14.4. The van der Waals surface area contributed by atoms with Gasteiger partial charge in [0.25, 0.3) is 5.91 Å². The molecule has 3 aromatic rings. The number of rotatable bonds is 8. The molecule has 0 aliphatic carbocycles. The van der Waals surface area contributed by atoms with Crippen LogP contribution in [0.25, 0.3) is 0 Å². The molecule has 0 saturated heterocycles. The predicted octanol–water partition coefficient (Wildman–Crippen LogP) is 4.18. The number of para-hydroxylation sites is 1. The molecule has 0 fully saturated rings. The Bertz CT molecular complexity index is 1060. The quantitative estimate of drug-likeness (QED) is 0.391. The summed E-state index contributed by atoms with van der Waals surface area (Å²) < 4.78 is 8.19. The highest BCUT2D eigenvalue weighted by molar-refractivity contribution is 9.10. The van der Waals surface area contributed by atoms with Crippen molar-refractivity contribution >= 4 is 27.5 Å². The fraction of sp³-hybridized carbons (Fsp3) is 0.238. The molecular formula is C21H21BrN4O4. The molecule has 9 heteroatoms. The number of carbonyl (C=O) groups excluding carboxylic acids is 1. The van der Waals surface area contributed by atoms with E-state index in [0.29, 0.717) is 36.6 Å². The number of aromatic nitrogens is 2. The molecule has 3 rings (SSSR count). The third-order valence-corrected chi connectivity index (χ3v) is 5.24. The summed E-state index contributed by atoms with van der Waals surface area (Å²) in [5.41, 5.74) is 2.32. The van der Waals surface area contributed by atoms with Crippen LogP contribution >= 0.6 is 15.9 Å². The van der Waals surface area contributed by atoms with E-state index < -0.39 is 4.92 Å². The van der Waals surface area contributed by atoms with Gasteiger partial charge in [0.2, 0.25) is 0 Å². The summed E-state index contributed by atoms with van der Waals surface area (Å²) in [6, 6.07) is 14.8. The Morgan fingerprint density at radius 3 is 2.53 bits per heavy atom. The molecule has 0 bridgehead atoms. The van der Waals surface area contributed by atoms with E-state index in [1.165, 1.54) is 4.68 Å². The zero-order valence-electron chi connectivity index (χ0n) is 16.6. The van der Waals surface area contributed by atoms with Crippen LogP contribution in [0.1, 0.15) is 27.3 Å². The van der Waals surface area contributed by atoms with E-state index in [2.05, 4.69) is 26.3 Å². The second-order valence-corrected chi connectivity index (χ2v) is 7.53. The van der Waals surface area contributed by atoms with E-state index in [1.54, 1.807) is 26.0 Å². The number of hydrogen-bond donors (Lipinski definition) is 1. The second kappa shape index (κ2) is 9.53. The number of nitro groups is 1. The fourth-order valence-electron chi connectivity index (χ4n) is 3.02. The molecule has 0 aliphatic heterocycles. The molecule has 0 aliphatic rings. The van der Waals surface area contributed by atoms with E-state index in [1.807, 2.05) is 36.4 Å². The molecule has 1 amide bonds. The van der Waals surface area contributed by atoms with Gasteiger partial charge in [-0.1, -0.05) is 24.3 Å². The summed E-state index contributed by atoms with van der Waals surface area (Å²) in [6.07, 6.45) is 0. The number of nitrogens with zero attached hydrogens (tertiary/aromatic N) is 3. The van der Waals surface area contributed by atoms with Crippen molar-refractivity contribution in [1.29, 1.82) is 0 Å². The highest BCUT2D eigenvalue weighted by atomic mass is 79.9. The van der Waals surface area contributed by atoms with Crippen molar-refractivity contribution in [2.75, 3.05) is 6.54 Å². The number of benzene rings is 2. The van der Waals surface area contributed by atoms with Gasteiger partial charge in [-0.3, -0.25) is 19.6 Å². The maximum atomic E-state index is 12.3. The molecule has 2 aromatic carbocycles. The van der Waals surface area contributed by atoms with Crippen molar-refractivity contribution < 1.29 is 14.5 Å². The molecule has 0 unspecified atom stereocenters. The Hall–Kier alpha value is -3.20. The minimum absolute atomic E-state index is 0.0154. The van der Waals surface area contributed by atoms with Crippen LogP contribution in [0.2, 0.25) is 0 Å². The van der Waals surface area contributed by atoms with Crippen LogP contribution in [-0.4, -0.2) is 27.2 Å². The van der Waals surface area contributed by atoms with Gasteiger partial charge in [0.05, 0.1) is 15.9 Å². The molecular weight excluding hydrogens is 452 g/mol. The predicted molar refractivity (Wildman–Crippen MR) is 116 cm³/mol. The van der Waals surface area contributed by atoms with E-state index in [4.69, 9.17) is 4.74 Å². The Balaban J connectivity index is 1.52. The first-order valence-corrected chi connectivity index (χ1v) is 10.1. The molecule has 1 heterocycles. The number of carbonyl (C=O) groups is 1. The lowest BCUT2D eigenvalue weighted by Crippen LogP contribution is -2.27. The topological polar surface area (TPSA) is 99.3 Å². The van der Waals surface area contributed by atoms with Gasteiger partial charge in [-0.05, 0) is 59.6 Å². The van der Waals surface area contributed by atoms with Crippen molar-refractivity contribution in [1.82, 2.24) is 15.1 Å². The number of amides is 1. The SMILES string of the molecule is Cc1nn(CCNC(=O)c2ccc(COc3ccccc3Br)cc2)c(C)c1[N+](=O)[O-]. The van der Waals surface area contributed by atoms with Crippen LogP contribution in [0, 0.1) is 24.0 Å². The zero-order valence-corrected chi connectivity index (χ0v) is 18.2. The molecule has 1 N–H and O–H groups in total. The van der Waals surface area contributed by atoms with Crippen LogP contribution in [-0.2, 0) is 13.2 Å². The smallest absolute Gasteiger partial charge is 0.312 e. The zero-order chi connectivity index (χ0) is 21.7.